The van der Waals surface area contributed by atoms with Gasteiger partial charge in [-0.1, -0.05) is 0 Å². The molecular weight excluding hydrogens is 536 g/mol. The molecule has 2 saturated carbocycles. The largest absolute Gasteiger partial charge is 0.507 e. The number of thioether (sulfide) groups is 1. The van der Waals surface area contributed by atoms with E-state index in [0.29, 0.717) is 17.7 Å². The van der Waals surface area contributed by atoms with E-state index in [1.54, 1.807) is 14.1 Å². The van der Waals surface area contributed by atoms with Gasteiger partial charge >= 0.3 is 0 Å². The first-order valence-corrected chi connectivity index (χ1v) is 14.7. The standard InChI is InChI=1S/C28H36N4O7S/c1-30(2)17-11-14(12-32-5-7-40-8-6-32)22(33)19-15(17)9-13-10-16-21(31(3)4)24(35)20(27(29)38)26(37)28(16,39)25(36)18(13)23(19)34/h11,13,16,18,20-21,33,39H,5-10,12H2,1-4H3,(H2,29,38)/t13-,16-,18?,20?,21-,28-/m0/s1. The van der Waals surface area contributed by atoms with Crippen LogP contribution in [0.25, 0.3) is 0 Å². The van der Waals surface area contributed by atoms with Crippen LogP contribution in [0.1, 0.15) is 27.9 Å². The van der Waals surface area contributed by atoms with Crippen molar-refractivity contribution in [1.82, 2.24) is 9.80 Å². The van der Waals surface area contributed by atoms with Crippen LogP contribution in [0.4, 0.5) is 5.69 Å². The average Bonchev–Trinajstić information content (AvgIpc) is 2.87. The summed E-state index contributed by atoms with van der Waals surface area (Å²) in [6, 6.07) is 0.770. The SMILES string of the molecule is CN(C)c1cc(CN2CCSCC2)c(O)c2c1C[C@H]1C[C@H]3[C@H](N(C)C)C(=O)C(C(N)=O)C(=O)[C@@]3(O)C(=O)C1C2=O. The van der Waals surface area contributed by atoms with Gasteiger partial charge < -0.3 is 20.8 Å². The Bertz CT molecular complexity index is 1310. The maximum Gasteiger partial charge on any atom is 0.235 e. The van der Waals surface area contributed by atoms with Crippen LogP contribution in [-0.4, -0.2) is 113 Å². The van der Waals surface area contributed by atoms with E-state index in [-0.39, 0.29) is 24.2 Å². The normalized spacial score (nSPS) is 32.5. The maximum atomic E-state index is 14.1. The third-order valence-corrected chi connectivity index (χ3v) is 10.0. The quantitative estimate of drug-likeness (QED) is 0.390. The molecule has 1 heterocycles. The van der Waals surface area contributed by atoms with Crippen molar-refractivity contribution < 1.29 is 34.2 Å². The van der Waals surface area contributed by atoms with Gasteiger partial charge in [-0.25, -0.2) is 0 Å². The second-order valence-corrected chi connectivity index (χ2v) is 13.1. The lowest BCUT2D eigenvalue weighted by Crippen LogP contribution is -2.74. The summed E-state index contributed by atoms with van der Waals surface area (Å²) < 4.78 is 0. The molecule has 40 heavy (non-hydrogen) atoms. The van der Waals surface area contributed by atoms with E-state index in [1.807, 2.05) is 36.8 Å². The highest BCUT2D eigenvalue weighted by atomic mass is 32.2. The molecule has 4 N–H and O–H groups in total. The first-order chi connectivity index (χ1) is 18.8. The van der Waals surface area contributed by atoms with E-state index >= 15 is 0 Å². The smallest absolute Gasteiger partial charge is 0.235 e. The van der Waals surface area contributed by atoms with E-state index in [2.05, 4.69) is 4.90 Å². The zero-order valence-electron chi connectivity index (χ0n) is 23.2. The number of benzene rings is 1. The highest BCUT2D eigenvalue weighted by Gasteiger charge is 2.69. The van der Waals surface area contributed by atoms with Gasteiger partial charge in [0.15, 0.2) is 34.7 Å². The van der Waals surface area contributed by atoms with Gasteiger partial charge in [0, 0.05) is 62.4 Å². The molecule has 0 bridgehead atoms. The number of carbonyl (C=O) groups excluding carboxylic acids is 5. The Morgan fingerprint density at radius 2 is 1.77 bits per heavy atom. The fourth-order valence-electron chi connectivity index (χ4n) is 7.23. The molecular formula is C28H36N4O7S. The molecule has 1 aromatic carbocycles. The summed E-state index contributed by atoms with van der Waals surface area (Å²) >= 11 is 1.86. The topological polar surface area (TPSA) is 162 Å². The number of amides is 1. The second kappa shape index (κ2) is 10.2. The summed E-state index contributed by atoms with van der Waals surface area (Å²) in [7, 11) is 6.83. The Morgan fingerprint density at radius 1 is 1.12 bits per heavy atom. The van der Waals surface area contributed by atoms with Crippen LogP contribution in [0.15, 0.2) is 6.07 Å². The number of fused-ring (bicyclic) bond motifs is 3. The maximum absolute atomic E-state index is 14.1. The third-order valence-electron chi connectivity index (χ3n) is 9.10. The number of phenolic OH excluding ortho intramolecular Hbond substituents is 1. The molecule has 4 aliphatic rings. The van der Waals surface area contributed by atoms with Crippen LogP contribution in [0.3, 0.4) is 0 Å². The minimum atomic E-state index is -2.72. The van der Waals surface area contributed by atoms with E-state index in [1.165, 1.54) is 4.90 Å². The minimum Gasteiger partial charge on any atom is -0.507 e. The van der Waals surface area contributed by atoms with Gasteiger partial charge in [-0.05, 0) is 44.5 Å². The van der Waals surface area contributed by atoms with Crippen molar-refractivity contribution in [1.29, 1.82) is 0 Å². The highest BCUT2D eigenvalue weighted by Crippen LogP contribution is 2.52. The van der Waals surface area contributed by atoms with Gasteiger partial charge in [0.2, 0.25) is 5.91 Å². The first-order valence-electron chi connectivity index (χ1n) is 13.5. The number of Topliss-reactive ketones (excluding diaryl/α,β-unsaturated/α-hetero) is 4. The molecule has 6 atom stereocenters. The monoisotopic (exact) mass is 572 g/mol. The van der Waals surface area contributed by atoms with E-state index in [0.717, 1.165) is 30.3 Å². The van der Waals surface area contributed by atoms with Crippen LogP contribution < -0.4 is 10.6 Å². The molecule has 3 aliphatic carbocycles. The number of nitrogens with two attached hydrogens (primary N) is 1. The van der Waals surface area contributed by atoms with Crippen molar-refractivity contribution in [3.8, 4) is 5.75 Å². The van der Waals surface area contributed by atoms with Crippen molar-refractivity contribution in [2.24, 2.45) is 29.4 Å². The predicted molar refractivity (Wildman–Crippen MR) is 148 cm³/mol. The summed E-state index contributed by atoms with van der Waals surface area (Å²) in [4.78, 5) is 72.5. The zero-order valence-corrected chi connectivity index (χ0v) is 24.0. The van der Waals surface area contributed by atoms with E-state index in [4.69, 9.17) is 5.73 Å². The number of ketones is 4. The molecule has 1 saturated heterocycles. The van der Waals surface area contributed by atoms with Gasteiger partial charge in [0.05, 0.1) is 17.5 Å². The molecule has 1 aliphatic heterocycles. The number of aliphatic hydroxyl groups is 1. The number of anilines is 1. The van der Waals surface area contributed by atoms with Crippen molar-refractivity contribution >= 4 is 46.5 Å². The number of nitrogens with zero attached hydrogens (tertiary/aromatic N) is 3. The minimum absolute atomic E-state index is 0.0325. The van der Waals surface area contributed by atoms with Crippen molar-refractivity contribution in [3.05, 3.63) is 22.8 Å². The molecule has 3 fully saturated rings. The van der Waals surface area contributed by atoms with Gasteiger partial charge in [-0.3, -0.25) is 33.8 Å². The Labute approximate surface area is 237 Å². The van der Waals surface area contributed by atoms with Crippen LogP contribution in [0.5, 0.6) is 5.75 Å². The Hall–Kier alpha value is -2.80. The second-order valence-electron chi connectivity index (χ2n) is 11.8. The lowest BCUT2D eigenvalue weighted by Gasteiger charge is -2.52. The van der Waals surface area contributed by atoms with Crippen molar-refractivity contribution in [2.75, 3.05) is 57.7 Å². The molecule has 0 radical (unpaired) electrons. The molecule has 12 heteroatoms. The summed E-state index contributed by atoms with van der Waals surface area (Å²) in [5, 5.41) is 23.2. The van der Waals surface area contributed by atoms with Crippen LogP contribution in [0.2, 0.25) is 0 Å². The Morgan fingerprint density at radius 3 is 2.35 bits per heavy atom. The molecule has 0 aromatic heterocycles. The summed E-state index contributed by atoms with van der Waals surface area (Å²) in [6.07, 6.45) is 0.276. The number of phenols is 1. The van der Waals surface area contributed by atoms with Crippen molar-refractivity contribution in [3.63, 3.8) is 0 Å². The Balaban J connectivity index is 1.61. The molecule has 1 amide bonds. The van der Waals surface area contributed by atoms with Gasteiger partial charge in [-0.2, -0.15) is 11.8 Å². The number of hydrogen-bond acceptors (Lipinski definition) is 11. The number of likely N-dealkylation sites (N-methyl/N-ethyl adjacent to an activating group) is 1. The summed E-state index contributed by atoms with van der Waals surface area (Å²) in [5.74, 6) is -8.29. The summed E-state index contributed by atoms with van der Waals surface area (Å²) in [6.45, 7) is 2.13. The van der Waals surface area contributed by atoms with Gasteiger partial charge in [0.25, 0.3) is 0 Å². The van der Waals surface area contributed by atoms with Crippen LogP contribution in [-0.2, 0) is 32.1 Å². The fourth-order valence-corrected chi connectivity index (χ4v) is 8.20. The average molecular weight is 573 g/mol. The molecule has 1 aromatic rings. The third kappa shape index (κ3) is 4.18. The van der Waals surface area contributed by atoms with Gasteiger partial charge in [0.1, 0.15) is 5.75 Å². The van der Waals surface area contributed by atoms with Crippen LogP contribution >= 0.6 is 11.8 Å². The lowest BCUT2D eigenvalue weighted by molar-refractivity contribution is -0.181. The zero-order chi connectivity index (χ0) is 29.3. The number of rotatable bonds is 5. The molecule has 216 valence electrons. The van der Waals surface area contributed by atoms with E-state index in [9.17, 15) is 34.2 Å². The van der Waals surface area contributed by atoms with Crippen LogP contribution in [0, 0.1) is 23.7 Å². The molecule has 2 unspecified atom stereocenters. The predicted octanol–water partition coefficient (Wildman–Crippen LogP) is -0.518. The van der Waals surface area contributed by atoms with Gasteiger partial charge in [-0.15, -0.1) is 0 Å². The highest BCUT2D eigenvalue weighted by molar-refractivity contribution is 7.99. The number of carbonyl (C=O) groups is 5. The number of primary amides is 1. The van der Waals surface area contributed by atoms with E-state index < -0.39 is 64.4 Å². The van der Waals surface area contributed by atoms with Crippen molar-refractivity contribution in [2.45, 2.75) is 31.0 Å². The molecule has 11 nitrogen and oxygen atoms in total. The lowest BCUT2D eigenvalue weighted by atomic mass is 9.52. The molecule has 5 rings (SSSR count). The summed E-state index contributed by atoms with van der Waals surface area (Å²) in [5.41, 5.74) is 4.63. The number of hydrogen-bond donors (Lipinski definition) is 3. The molecule has 0 spiro atoms. The Kier molecular flexibility index (Phi) is 7.35. The number of aromatic hydroxyl groups is 1. The fraction of sp³-hybridized carbons (Fsp3) is 0.607. The first kappa shape index (κ1) is 28.7.